The molecule has 0 unspecified atom stereocenters. The smallest absolute Gasteiger partial charge is 0.335 e. The van der Waals surface area contributed by atoms with Gasteiger partial charge in [-0.2, -0.15) is 0 Å². The van der Waals surface area contributed by atoms with E-state index >= 15 is 0 Å². The lowest BCUT2D eigenvalue weighted by molar-refractivity contribution is -0.149. The first-order chi connectivity index (χ1) is 16.9. The van der Waals surface area contributed by atoms with Crippen molar-refractivity contribution in [1.82, 2.24) is 0 Å². The number of hydrogen-bond acceptors (Lipinski definition) is 5. The van der Waals surface area contributed by atoms with Gasteiger partial charge >= 0.3 is 11.9 Å². The molecule has 0 saturated carbocycles. The summed E-state index contributed by atoms with van der Waals surface area (Å²) < 4.78 is 16.8. The summed E-state index contributed by atoms with van der Waals surface area (Å²) in [4.78, 5) is 22.2. The Morgan fingerprint density at radius 3 is 2.26 bits per heavy atom. The Bertz CT molecular complexity index is 1130. The molecule has 0 spiro atoms. The second kappa shape index (κ2) is 13.0. The maximum absolute atomic E-state index is 11.2. The molecule has 7 nitrogen and oxygen atoms in total. The first-order valence-electron chi connectivity index (χ1n) is 11.2. The molecule has 35 heavy (non-hydrogen) atoms. The van der Waals surface area contributed by atoms with E-state index in [4.69, 9.17) is 19.3 Å². The van der Waals surface area contributed by atoms with Crippen LogP contribution in [0.25, 0.3) is 6.08 Å². The monoisotopic (exact) mass is 476 g/mol. The second-order valence-corrected chi connectivity index (χ2v) is 7.71. The van der Waals surface area contributed by atoms with Gasteiger partial charge in [-0.25, -0.2) is 9.59 Å². The Hall–Kier alpha value is -4.10. The van der Waals surface area contributed by atoms with Gasteiger partial charge in [0.05, 0.1) is 5.56 Å². The molecule has 2 N–H and O–H groups in total. The molecule has 0 aliphatic carbocycles. The summed E-state index contributed by atoms with van der Waals surface area (Å²) in [6.07, 6.45) is 3.28. The molecular formula is C28H28O7. The summed E-state index contributed by atoms with van der Waals surface area (Å²) in [7, 11) is 0. The van der Waals surface area contributed by atoms with Gasteiger partial charge in [-0.1, -0.05) is 42.5 Å². The molecule has 0 bridgehead atoms. The van der Waals surface area contributed by atoms with Crippen LogP contribution < -0.4 is 9.47 Å². The van der Waals surface area contributed by atoms with E-state index in [0.29, 0.717) is 37.7 Å². The van der Waals surface area contributed by atoms with E-state index in [1.54, 1.807) is 31.2 Å². The summed E-state index contributed by atoms with van der Waals surface area (Å²) in [5.41, 5.74) is 2.95. The fraction of sp³-hybridized carbons (Fsp3) is 0.214. The lowest BCUT2D eigenvalue weighted by atomic mass is 10.1. The molecule has 0 heterocycles. The number of carboxylic acids is 2. The van der Waals surface area contributed by atoms with Gasteiger partial charge < -0.3 is 24.4 Å². The molecule has 0 aliphatic rings. The number of carboxylic acid groups (broad SMARTS) is 2. The number of carbonyl (C=O) groups is 2. The van der Waals surface area contributed by atoms with Crippen LogP contribution in [0.5, 0.6) is 11.5 Å². The number of benzene rings is 3. The number of aromatic carboxylic acids is 1. The van der Waals surface area contributed by atoms with Crippen LogP contribution in [0.4, 0.5) is 0 Å². The Balaban J connectivity index is 1.47. The Morgan fingerprint density at radius 1 is 0.886 bits per heavy atom. The minimum absolute atomic E-state index is 0.243. The van der Waals surface area contributed by atoms with Gasteiger partial charge in [-0.05, 0) is 66.1 Å². The van der Waals surface area contributed by atoms with E-state index in [1.807, 2.05) is 60.7 Å². The van der Waals surface area contributed by atoms with E-state index < -0.39 is 18.0 Å². The lowest BCUT2D eigenvalue weighted by Gasteiger charge is -2.12. The minimum atomic E-state index is -0.971. The number of hydrogen-bond donors (Lipinski definition) is 2. The Labute approximate surface area is 204 Å². The van der Waals surface area contributed by atoms with Gasteiger partial charge in [0.25, 0.3) is 0 Å². The SMILES string of the molecule is CCO[C@@H](Cc1ccc(OCC=Cc2cccc(OCc3ccc(C(=O)O)cc3)c2)cc1)C(=O)O. The van der Waals surface area contributed by atoms with Gasteiger partial charge in [0.15, 0.2) is 6.10 Å². The molecule has 182 valence electrons. The van der Waals surface area contributed by atoms with Crippen molar-refractivity contribution in [2.45, 2.75) is 26.1 Å². The summed E-state index contributed by atoms with van der Waals surface area (Å²) in [5.74, 6) is -0.532. The van der Waals surface area contributed by atoms with Crippen LogP contribution in [-0.2, 0) is 22.6 Å². The number of aliphatic carboxylic acids is 1. The van der Waals surface area contributed by atoms with Crippen LogP contribution in [0.1, 0.15) is 34.0 Å². The van der Waals surface area contributed by atoms with E-state index in [9.17, 15) is 14.7 Å². The van der Waals surface area contributed by atoms with Crippen molar-refractivity contribution in [2.24, 2.45) is 0 Å². The van der Waals surface area contributed by atoms with Gasteiger partial charge in [0.2, 0.25) is 0 Å². The van der Waals surface area contributed by atoms with Crippen molar-refractivity contribution in [2.75, 3.05) is 13.2 Å². The molecule has 0 radical (unpaired) electrons. The molecule has 3 rings (SSSR count). The zero-order valence-electron chi connectivity index (χ0n) is 19.4. The number of rotatable bonds is 13. The normalized spacial score (nSPS) is 11.8. The van der Waals surface area contributed by atoms with Gasteiger partial charge in [0.1, 0.15) is 24.7 Å². The molecule has 0 saturated heterocycles. The van der Waals surface area contributed by atoms with Crippen LogP contribution in [0.15, 0.2) is 78.9 Å². The van der Waals surface area contributed by atoms with Crippen molar-refractivity contribution in [1.29, 1.82) is 0 Å². The van der Waals surface area contributed by atoms with Crippen LogP contribution in [0, 0.1) is 0 Å². The summed E-state index contributed by atoms with van der Waals surface area (Å²) in [6, 6.07) is 21.5. The fourth-order valence-electron chi connectivity index (χ4n) is 3.30. The van der Waals surface area contributed by atoms with E-state index in [1.165, 1.54) is 0 Å². The highest BCUT2D eigenvalue weighted by Gasteiger charge is 2.17. The molecule has 7 heteroatoms. The van der Waals surface area contributed by atoms with Crippen LogP contribution in [-0.4, -0.2) is 41.5 Å². The van der Waals surface area contributed by atoms with Gasteiger partial charge in [-0.3, -0.25) is 0 Å². The summed E-state index contributed by atoms with van der Waals surface area (Å²) >= 11 is 0. The maximum atomic E-state index is 11.2. The third-order valence-corrected chi connectivity index (χ3v) is 5.11. The molecule has 0 amide bonds. The second-order valence-electron chi connectivity index (χ2n) is 7.71. The molecular weight excluding hydrogens is 448 g/mol. The van der Waals surface area contributed by atoms with E-state index in [-0.39, 0.29) is 5.56 Å². The molecule has 0 aliphatic heterocycles. The van der Waals surface area contributed by atoms with Crippen LogP contribution in [0.3, 0.4) is 0 Å². The zero-order chi connectivity index (χ0) is 25.0. The van der Waals surface area contributed by atoms with Crippen molar-refractivity contribution >= 4 is 18.0 Å². The topological polar surface area (TPSA) is 102 Å². The largest absolute Gasteiger partial charge is 0.490 e. The predicted octanol–water partition coefficient (Wildman–Crippen LogP) is 5.09. The van der Waals surface area contributed by atoms with Crippen molar-refractivity contribution in [3.63, 3.8) is 0 Å². The van der Waals surface area contributed by atoms with Crippen LogP contribution in [0.2, 0.25) is 0 Å². The number of ether oxygens (including phenoxy) is 3. The predicted molar refractivity (Wildman–Crippen MR) is 132 cm³/mol. The zero-order valence-corrected chi connectivity index (χ0v) is 19.4. The Morgan fingerprint density at radius 2 is 1.60 bits per heavy atom. The average Bonchev–Trinajstić information content (AvgIpc) is 2.86. The lowest BCUT2D eigenvalue weighted by Crippen LogP contribution is -2.26. The highest BCUT2D eigenvalue weighted by molar-refractivity contribution is 5.87. The van der Waals surface area contributed by atoms with Crippen LogP contribution >= 0.6 is 0 Å². The standard InChI is InChI=1S/C28H28O7/c1-2-33-26(28(31)32)18-21-10-14-24(15-11-21)34-16-4-6-20-5-3-7-25(17-20)35-19-22-8-12-23(13-9-22)27(29)30/h3-15,17,26H,2,16,18-19H2,1H3,(H,29,30)(H,31,32)/t26-/m0/s1. The van der Waals surface area contributed by atoms with E-state index in [0.717, 1.165) is 16.7 Å². The summed E-state index contributed by atoms with van der Waals surface area (Å²) in [5, 5.41) is 18.2. The molecule has 3 aromatic carbocycles. The van der Waals surface area contributed by atoms with Gasteiger partial charge in [0, 0.05) is 13.0 Å². The molecule has 0 aromatic heterocycles. The third kappa shape index (κ3) is 8.32. The first kappa shape index (κ1) is 25.5. The summed E-state index contributed by atoms with van der Waals surface area (Å²) in [6.45, 7) is 2.83. The van der Waals surface area contributed by atoms with Gasteiger partial charge in [-0.15, -0.1) is 0 Å². The maximum Gasteiger partial charge on any atom is 0.335 e. The van der Waals surface area contributed by atoms with E-state index in [2.05, 4.69) is 0 Å². The molecule has 1 atom stereocenters. The highest BCUT2D eigenvalue weighted by atomic mass is 16.5. The first-order valence-corrected chi connectivity index (χ1v) is 11.2. The Kier molecular flexibility index (Phi) is 9.45. The van der Waals surface area contributed by atoms with Crippen molar-refractivity contribution < 1.29 is 34.0 Å². The minimum Gasteiger partial charge on any atom is -0.490 e. The molecule has 0 fully saturated rings. The quantitative estimate of drug-likeness (QED) is 0.354. The molecule has 3 aromatic rings. The highest BCUT2D eigenvalue weighted by Crippen LogP contribution is 2.18. The fourth-order valence-corrected chi connectivity index (χ4v) is 3.30. The third-order valence-electron chi connectivity index (χ3n) is 5.11. The van der Waals surface area contributed by atoms with Crippen molar-refractivity contribution in [3.8, 4) is 11.5 Å². The average molecular weight is 477 g/mol. The van der Waals surface area contributed by atoms with Crippen molar-refractivity contribution in [3.05, 3.63) is 101 Å².